The highest BCUT2D eigenvalue weighted by molar-refractivity contribution is 7.80. The van der Waals surface area contributed by atoms with Crippen LogP contribution in [0.2, 0.25) is 0 Å². The van der Waals surface area contributed by atoms with Crippen LogP contribution in [0, 0.1) is 0 Å². The van der Waals surface area contributed by atoms with Crippen molar-refractivity contribution in [1.82, 2.24) is 15.5 Å². The molecule has 29 heavy (non-hydrogen) atoms. The third-order valence-electron chi connectivity index (χ3n) is 5.06. The molecule has 0 bridgehead atoms. The number of benzene rings is 2. The van der Waals surface area contributed by atoms with Gasteiger partial charge in [-0.05, 0) is 47.6 Å². The largest absolute Gasteiger partial charge is 0.497 e. The van der Waals surface area contributed by atoms with Gasteiger partial charge in [0.25, 0.3) is 0 Å². The Morgan fingerprint density at radius 1 is 0.966 bits per heavy atom. The zero-order valence-corrected chi connectivity index (χ0v) is 17.8. The van der Waals surface area contributed by atoms with Crippen LogP contribution < -0.4 is 20.1 Å². The van der Waals surface area contributed by atoms with Gasteiger partial charge in [-0.3, -0.25) is 4.90 Å². The van der Waals surface area contributed by atoms with E-state index in [0.29, 0.717) is 11.7 Å². The number of ether oxygens (including phenoxy) is 3. The van der Waals surface area contributed by atoms with Gasteiger partial charge in [-0.15, -0.1) is 0 Å². The summed E-state index contributed by atoms with van der Waals surface area (Å²) in [5.41, 5.74) is 2.38. The van der Waals surface area contributed by atoms with Crippen LogP contribution in [-0.4, -0.2) is 57.1 Å². The molecule has 0 spiro atoms. The molecule has 0 aromatic heterocycles. The summed E-state index contributed by atoms with van der Waals surface area (Å²) in [4.78, 5) is 2.43. The topological polar surface area (TPSA) is 55.0 Å². The minimum atomic E-state index is 0.213. The Labute approximate surface area is 178 Å². The summed E-state index contributed by atoms with van der Waals surface area (Å²) >= 11 is 5.50. The third-order valence-corrected chi connectivity index (χ3v) is 5.34. The lowest BCUT2D eigenvalue weighted by molar-refractivity contribution is 0.0170. The number of rotatable bonds is 8. The van der Waals surface area contributed by atoms with E-state index in [9.17, 15) is 0 Å². The zero-order chi connectivity index (χ0) is 20.5. The predicted molar refractivity (Wildman–Crippen MR) is 119 cm³/mol. The van der Waals surface area contributed by atoms with E-state index in [4.69, 9.17) is 26.4 Å². The maximum atomic E-state index is 5.52. The molecule has 1 heterocycles. The molecular weight excluding hydrogens is 386 g/mol. The van der Waals surface area contributed by atoms with E-state index >= 15 is 0 Å². The molecule has 2 aromatic rings. The highest BCUT2D eigenvalue weighted by atomic mass is 32.1. The monoisotopic (exact) mass is 415 g/mol. The molecule has 0 radical (unpaired) electrons. The van der Waals surface area contributed by atoms with Crippen molar-refractivity contribution in [1.29, 1.82) is 0 Å². The van der Waals surface area contributed by atoms with Gasteiger partial charge >= 0.3 is 0 Å². The van der Waals surface area contributed by atoms with Crippen LogP contribution in [0.15, 0.2) is 48.5 Å². The maximum absolute atomic E-state index is 5.52. The van der Waals surface area contributed by atoms with Crippen molar-refractivity contribution in [3.05, 3.63) is 59.7 Å². The van der Waals surface area contributed by atoms with Gasteiger partial charge in [0.05, 0.1) is 33.5 Å². The molecule has 156 valence electrons. The summed E-state index contributed by atoms with van der Waals surface area (Å²) in [6, 6.07) is 16.4. The smallest absolute Gasteiger partial charge is 0.166 e. The minimum Gasteiger partial charge on any atom is -0.497 e. The SMILES string of the molecule is COc1ccc(CNC(=S)NCC(c2ccc(OC)cc2)N2CCOCC2)cc1. The first-order valence-corrected chi connectivity index (χ1v) is 10.2. The molecule has 3 rings (SSSR count). The molecule has 2 aromatic carbocycles. The molecule has 1 saturated heterocycles. The minimum absolute atomic E-state index is 0.213. The molecule has 1 aliphatic rings. The van der Waals surface area contributed by atoms with Gasteiger partial charge < -0.3 is 24.8 Å². The Morgan fingerprint density at radius 3 is 2.14 bits per heavy atom. The molecule has 1 fully saturated rings. The van der Waals surface area contributed by atoms with E-state index in [0.717, 1.165) is 49.9 Å². The van der Waals surface area contributed by atoms with Crippen molar-refractivity contribution in [2.24, 2.45) is 0 Å². The zero-order valence-electron chi connectivity index (χ0n) is 17.0. The first kappa shape index (κ1) is 21.4. The Kier molecular flexibility index (Phi) is 8.10. The number of nitrogens with one attached hydrogen (secondary N) is 2. The molecule has 0 aliphatic carbocycles. The molecule has 1 aliphatic heterocycles. The van der Waals surface area contributed by atoms with Crippen molar-refractivity contribution in [2.75, 3.05) is 47.1 Å². The van der Waals surface area contributed by atoms with Gasteiger partial charge in [-0.2, -0.15) is 0 Å². The van der Waals surface area contributed by atoms with Crippen molar-refractivity contribution < 1.29 is 14.2 Å². The van der Waals surface area contributed by atoms with Crippen LogP contribution >= 0.6 is 12.2 Å². The van der Waals surface area contributed by atoms with Gasteiger partial charge in [0.15, 0.2) is 5.11 Å². The van der Waals surface area contributed by atoms with Crippen LogP contribution in [0.1, 0.15) is 17.2 Å². The first-order chi connectivity index (χ1) is 14.2. The van der Waals surface area contributed by atoms with Crippen molar-refractivity contribution in [3.63, 3.8) is 0 Å². The fourth-order valence-electron chi connectivity index (χ4n) is 3.35. The van der Waals surface area contributed by atoms with E-state index in [1.54, 1.807) is 14.2 Å². The highest BCUT2D eigenvalue weighted by Crippen LogP contribution is 2.23. The van der Waals surface area contributed by atoms with Gasteiger partial charge in [0, 0.05) is 26.2 Å². The van der Waals surface area contributed by atoms with Crippen molar-refractivity contribution in [2.45, 2.75) is 12.6 Å². The van der Waals surface area contributed by atoms with E-state index in [1.807, 2.05) is 36.4 Å². The summed E-state index contributed by atoms with van der Waals surface area (Å²) in [5.74, 6) is 1.71. The number of morpholine rings is 1. The molecule has 1 unspecified atom stereocenters. The molecular formula is C22H29N3O3S. The second-order valence-corrected chi connectivity index (χ2v) is 7.26. The lowest BCUT2D eigenvalue weighted by Gasteiger charge is -2.35. The number of nitrogens with zero attached hydrogens (tertiary/aromatic N) is 1. The predicted octanol–water partition coefficient (Wildman–Crippen LogP) is 2.74. The van der Waals surface area contributed by atoms with Crippen LogP contribution in [0.3, 0.4) is 0 Å². The van der Waals surface area contributed by atoms with Gasteiger partial charge in [-0.1, -0.05) is 24.3 Å². The van der Waals surface area contributed by atoms with E-state index in [2.05, 4.69) is 27.7 Å². The molecule has 2 N–H and O–H groups in total. The first-order valence-electron chi connectivity index (χ1n) is 9.80. The van der Waals surface area contributed by atoms with Crippen LogP contribution in [0.25, 0.3) is 0 Å². The quantitative estimate of drug-likeness (QED) is 0.643. The average Bonchev–Trinajstić information content (AvgIpc) is 2.79. The summed E-state index contributed by atoms with van der Waals surface area (Å²) < 4.78 is 16.0. The lowest BCUT2D eigenvalue weighted by atomic mass is 10.0. The van der Waals surface area contributed by atoms with E-state index in [1.165, 1.54) is 5.56 Å². The normalized spacial score (nSPS) is 15.4. The summed E-state index contributed by atoms with van der Waals surface area (Å²) in [7, 11) is 3.35. The van der Waals surface area contributed by atoms with E-state index < -0.39 is 0 Å². The van der Waals surface area contributed by atoms with Crippen LogP contribution in [-0.2, 0) is 11.3 Å². The van der Waals surface area contributed by atoms with Crippen molar-refractivity contribution in [3.8, 4) is 11.5 Å². The number of hydrogen-bond acceptors (Lipinski definition) is 5. The van der Waals surface area contributed by atoms with Crippen LogP contribution in [0.4, 0.5) is 0 Å². The molecule has 0 amide bonds. The second kappa shape index (κ2) is 11.0. The number of thiocarbonyl (C=S) groups is 1. The summed E-state index contributed by atoms with van der Waals surface area (Å²) in [6.07, 6.45) is 0. The Morgan fingerprint density at radius 2 is 1.55 bits per heavy atom. The number of methoxy groups -OCH3 is 2. The van der Waals surface area contributed by atoms with Gasteiger partial charge in [0.1, 0.15) is 11.5 Å². The fourth-order valence-corrected chi connectivity index (χ4v) is 3.51. The van der Waals surface area contributed by atoms with E-state index in [-0.39, 0.29) is 6.04 Å². The van der Waals surface area contributed by atoms with Crippen molar-refractivity contribution >= 4 is 17.3 Å². The summed E-state index contributed by atoms with van der Waals surface area (Å²) in [5, 5.41) is 7.31. The molecule has 1 atom stereocenters. The molecule has 0 saturated carbocycles. The average molecular weight is 416 g/mol. The Hall–Kier alpha value is -2.35. The Bertz CT molecular complexity index is 762. The summed E-state index contributed by atoms with van der Waals surface area (Å²) in [6.45, 7) is 4.72. The number of hydrogen-bond donors (Lipinski definition) is 2. The highest BCUT2D eigenvalue weighted by Gasteiger charge is 2.22. The second-order valence-electron chi connectivity index (χ2n) is 6.85. The van der Waals surface area contributed by atoms with Crippen LogP contribution in [0.5, 0.6) is 11.5 Å². The fraction of sp³-hybridized carbons (Fsp3) is 0.409. The van der Waals surface area contributed by atoms with Gasteiger partial charge in [0.2, 0.25) is 0 Å². The van der Waals surface area contributed by atoms with Gasteiger partial charge in [-0.25, -0.2) is 0 Å². The lowest BCUT2D eigenvalue weighted by Crippen LogP contribution is -2.45. The molecule has 6 nitrogen and oxygen atoms in total. The Balaban J connectivity index is 1.56. The molecule has 7 heteroatoms. The third kappa shape index (κ3) is 6.32. The maximum Gasteiger partial charge on any atom is 0.166 e. The standard InChI is InChI=1S/C22H29N3O3S/c1-26-19-7-3-17(4-8-19)15-23-22(29)24-16-21(25-11-13-28-14-12-25)18-5-9-20(27-2)10-6-18/h3-10,21H,11-16H2,1-2H3,(H2,23,24,29).